The molecule has 1 saturated heterocycles. The molecule has 0 bridgehead atoms. The van der Waals surface area contributed by atoms with Crippen molar-refractivity contribution in [1.29, 1.82) is 0 Å². The first-order chi connectivity index (χ1) is 13.3. The number of carbonyl (C=O) groups is 2. The summed E-state index contributed by atoms with van der Waals surface area (Å²) in [5, 5.41) is 9.05. The number of hydrogen-bond acceptors (Lipinski definition) is 2. The second-order valence-electron chi connectivity index (χ2n) is 7.90. The van der Waals surface area contributed by atoms with Crippen molar-refractivity contribution >= 4 is 17.6 Å². The summed E-state index contributed by atoms with van der Waals surface area (Å²) in [6, 6.07) is 10.5. The van der Waals surface area contributed by atoms with Gasteiger partial charge in [-0.3, -0.25) is 9.59 Å². The lowest BCUT2D eigenvalue weighted by molar-refractivity contribution is -0.136. The quantitative estimate of drug-likeness (QED) is 0.837. The van der Waals surface area contributed by atoms with E-state index in [1.807, 2.05) is 43.9 Å². The van der Waals surface area contributed by atoms with Crippen molar-refractivity contribution in [3.63, 3.8) is 0 Å². The number of anilines is 1. The number of amides is 1. The van der Waals surface area contributed by atoms with E-state index >= 15 is 0 Å². The number of carboxylic acid groups (broad SMARTS) is 1. The average molecular weight is 383 g/mol. The van der Waals surface area contributed by atoms with E-state index in [0.29, 0.717) is 18.5 Å². The lowest BCUT2D eigenvalue weighted by Gasteiger charge is -2.38. The van der Waals surface area contributed by atoms with Crippen molar-refractivity contribution in [2.75, 3.05) is 11.4 Å². The fraction of sp³-hybridized carbons (Fsp3) is 0.391. The van der Waals surface area contributed by atoms with E-state index in [1.54, 1.807) is 12.1 Å². The Bertz CT molecular complexity index is 885. The van der Waals surface area contributed by atoms with Crippen LogP contribution in [0, 0.1) is 31.5 Å². The van der Waals surface area contributed by atoms with Crippen molar-refractivity contribution in [3.05, 3.63) is 64.5 Å². The number of carboxylic acids is 1. The van der Waals surface area contributed by atoms with E-state index < -0.39 is 5.97 Å². The molecule has 4 nitrogen and oxygen atoms in total. The van der Waals surface area contributed by atoms with Crippen LogP contribution in [0.3, 0.4) is 0 Å². The standard InChI is InChI=1S/C23H26FNO3/c1-14-8-17(12-21(26)27)9-15(2)22(14)25-13-18(10-16(3)23(25)28)11-19-6-4-5-7-20(19)24/h4-9,16,18H,10-13H2,1-3H3,(H,26,27)/t16-,18-/m1/s1. The molecule has 3 rings (SSSR count). The molecule has 148 valence electrons. The summed E-state index contributed by atoms with van der Waals surface area (Å²) in [7, 11) is 0. The Kier molecular flexibility index (Phi) is 5.82. The zero-order valence-electron chi connectivity index (χ0n) is 16.5. The van der Waals surface area contributed by atoms with Crippen LogP contribution in [0.4, 0.5) is 10.1 Å². The van der Waals surface area contributed by atoms with E-state index in [2.05, 4.69) is 0 Å². The van der Waals surface area contributed by atoms with Crippen molar-refractivity contribution in [1.82, 2.24) is 0 Å². The summed E-state index contributed by atoms with van der Waals surface area (Å²) in [4.78, 5) is 25.8. The summed E-state index contributed by atoms with van der Waals surface area (Å²) in [5.74, 6) is -0.977. The Hall–Kier alpha value is -2.69. The second-order valence-corrected chi connectivity index (χ2v) is 7.90. The smallest absolute Gasteiger partial charge is 0.307 e. The molecule has 2 aromatic carbocycles. The van der Waals surface area contributed by atoms with Crippen LogP contribution in [-0.2, 0) is 22.4 Å². The minimum absolute atomic E-state index is 0.0395. The van der Waals surface area contributed by atoms with Crippen LogP contribution in [-0.4, -0.2) is 23.5 Å². The van der Waals surface area contributed by atoms with Crippen LogP contribution in [0.15, 0.2) is 36.4 Å². The van der Waals surface area contributed by atoms with Crippen molar-refractivity contribution in [3.8, 4) is 0 Å². The van der Waals surface area contributed by atoms with E-state index in [0.717, 1.165) is 28.8 Å². The maximum atomic E-state index is 14.1. The summed E-state index contributed by atoms with van der Waals surface area (Å²) < 4.78 is 14.1. The molecule has 0 aliphatic carbocycles. The molecule has 5 heteroatoms. The van der Waals surface area contributed by atoms with E-state index in [9.17, 15) is 14.0 Å². The molecule has 1 fully saturated rings. The van der Waals surface area contributed by atoms with E-state index in [4.69, 9.17) is 5.11 Å². The molecule has 2 aromatic rings. The molecular formula is C23H26FNO3. The molecule has 1 heterocycles. The highest BCUT2D eigenvalue weighted by atomic mass is 19.1. The fourth-order valence-corrected chi connectivity index (χ4v) is 4.36. The molecule has 0 unspecified atom stereocenters. The van der Waals surface area contributed by atoms with Gasteiger partial charge < -0.3 is 10.0 Å². The number of rotatable bonds is 5. The molecule has 0 saturated carbocycles. The molecule has 0 radical (unpaired) electrons. The fourth-order valence-electron chi connectivity index (χ4n) is 4.36. The van der Waals surface area contributed by atoms with Gasteiger partial charge in [-0.25, -0.2) is 4.39 Å². The van der Waals surface area contributed by atoms with Crippen LogP contribution in [0.2, 0.25) is 0 Å². The molecule has 1 aliphatic heterocycles. The highest BCUT2D eigenvalue weighted by Gasteiger charge is 2.34. The average Bonchev–Trinajstić information content (AvgIpc) is 2.60. The first-order valence-electron chi connectivity index (χ1n) is 9.63. The van der Waals surface area contributed by atoms with Gasteiger partial charge in [0, 0.05) is 18.2 Å². The third-order valence-corrected chi connectivity index (χ3v) is 5.46. The molecule has 0 spiro atoms. The van der Waals surface area contributed by atoms with Gasteiger partial charge in [0.25, 0.3) is 0 Å². The van der Waals surface area contributed by atoms with Crippen LogP contribution in [0.5, 0.6) is 0 Å². The van der Waals surface area contributed by atoms with Crippen molar-refractivity contribution < 1.29 is 19.1 Å². The molecule has 1 N–H and O–H groups in total. The second kappa shape index (κ2) is 8.13. The number of nitrogens with zero attached hydrogens (tertiary/aromatic N) is 1. The third kappa shape index (κ3) is 4.24. The van der Waals surface area contributed by atoms with Crippen molar-refractivity contribution in [2.24, 2.45) is 11.8 Å². The van der Waals surface area contributed by atoms with Gasteiger partial charge in [-0.2, -0.15) is 0 Å². The number of carbonyl (C=O) groups excluding carboxylic acids is 1. The monoisotopic (exact) mass is 383 g/mol. The number of hydrogen-bond donors (Lipinski definition) is 1. The topological polar surface area (TPSA) is 57.6 Å². The van der Waals surface area contributed by atoms with E-state index in [-0.39, 0.29) is 30.0 Å². The summed E-state index contributed by atoms with van der Waals surface area (Å²) in [6.45, 7) is 6.28. The number of piperidine rings is 1. The Labute approximate surface area is 165 Å². The largest absolute Gasteiger partial charge is 0.481 e. The predicted octanol–water partition coefficient (Wildman–Crippen LogP) is 4.30. The van der Waals surface area contributed by atoms with Gasteiger partial charge in [0.2, 0.25) is 5.91 Å². The molecule has 28 heavy (non-hydrogen) atoms. The normalized spacial score (nSPS) is 19.7. The van der Waals surface area contributed by atoms with Crippen LogP contribution in [0.1, 0.15) is 35.6 Å². The number of halogens is 1. The van der Waals surface area contributed by atoms with Crippen LogP contribution < -0.4 is 4.90 Å². The van der Waals surface area contributed by atoms with Gasteiger partial charge in [0.1, 0.15) is 5.82 Å². The summed E-state index contributed by atoms with van der Waals surface area (Å²) in [5.41, 5.74) is 4.04. The van der Waals surface area contributed by atoms with Gasteiger partial charge in [-0.05, 0) is 60.9 Å². The van der Waals surface area contributed by atoms with Gasteiger partial charge in [0.05, 0.1) is 6.42 Å². The maximum Gasteiger partial charge on any atom is 0.307 e. The lowest BCUT2D eigenvalue weighted by atomic mass is 9.84. The van der Waals surface area contributed by atoms with Crippen LogP contribution in [0.25, 0.3) is 0 Å². The molecule has 1 amide bonds. The highest BCUT2D eigenvalue weighted by molar-refractivity contribution is 5.97. The Morgan fingerprint density at radius 1 is 1.21 bits per heavy atom. The van der Waals surface area contributed by atoms with Crippen molar-refractivity contribution in [2.45, 2.75) is 40.0 Å². The lowest BCUT2D eigenvalue weighted by Crippen LogP contribution is -2.46. The molecule has 0 aromatic heterocycles. The third-order valence-electron chi connectivity index (χ3n) is 5.46. The van der Waals surface area contributed by atoms with Gasteiger partial charge in [-0.15, -0.1) is 0 Å². The molecular weight excluding hydrogens is 357 g/mol. The zero-order valence-corrected chi connectivity index (χ0v) is 16.5. The maximum absolute atomic E-state index is 14.1. The first-order valence-corrected chi connectivity index (χ1v) is 9.63. The molecule has 1 aliphatic rings. The number of benzene rings is 2. The van der Waals surface area contributed by atoms with Gasteiger partial charge >= 0.3 is 5.97 Å². The Morgan fingerprint density at radius 2 is 1.86 bits per heavy atom. The number of aliphatic carboxylic acids is 1. The zero-order chi connectivity index (χ0) is 20.4. The number of aryl methyl sites for hydroxylation is 2. The summed E-state index contributed by atoms with van der Waals surface area (Å²) >= 11 is 0. The Morgan fingerprint density at radius 3 is 2.46 bits per heavy atom. The predicted molar refractivity (Wildman–Crippen MR) is 107 cm³/mol. The first kappa shape index (κ1) is 20.1. The molecule has 2 atom stereocenters. The van der Waals surface area contributed by atoms with Gasteiger partial charge in [-0.1, -0.05) is 37.3 Å². The highest BCUT2D eigenvalue weighted by Crippen LogP contribution is 2.34. The summed E-state index contributed by atoms with van der Waals surface area (Å²) in [6.07, 6.45) is 1.29. The van der Waals surface area contributed by atoms with E-state index in [1.165, 1.54) is 6.07 Å². The van der Waals surface area contributed by atoms with Gasteiger partial charge in [0.15, 0.2) is 0 Å². The van der Waals surface area contributed by atoms with Crippen LogP contribution >= 0.6 is 0 Å². The minimum Gasteiger partial charge on any atom is -0.481 e. The minimum atomic E-state index is -0.876. The Balaban J connectivity index is 1.89. The SMILES string of the molecule is Cc1cc(CC(=O)O)cc(C)c1N1C[C@@H](Cc2ccccc2F)C[C@@H](C)C1=O.